The number of thiophene rings is 1. The molecule has 0 spiro atoms. The monoisotopic (exact) mass is 295 g/mol. The SMILES string of the molecule is CC(=O)Nc1ccc(C(=O)c2cc3ccccc3s2)cc1. The lowest BCUT2D eigenvalue weighted by atomic mass is 10.1. The van der Waals surface area contributed by atoms with Crippen molar-refractivity contribution in [2.45, 2.75) is 6.92 Å². The Labute approximate surface area is 126 Å². The molecule has 0 bridgehead atoms. The molecule has 1 heterocycles. The largest absolute Gasteiger partial charge is 0.326 e. The van der Waals surface area contributed by atoms with Gasteiger partial charge in [-0.25, -0.2) is 0 Å². The number of hydrogen-bond acceptors (Lipinski definition) is 3. The van der Waals surface area contributed by atoms with Crippen LogP contribution in [0.25, 0.3) is 10.1 Å². The van der Waals surface area contributed by atoms with Gasteiger partial charge in [-0.1, -0.05) is 18.2 Å². The highest BCUT2D eigenvalue weighted by Gasteiger charge is 2.12. The zero-order valence-corrected chi connectivity index (χ0v) is 12.2. The molecule has 0 saturated carbocycles. The molecular formula is C17H13NO2S. The number of carbonyl (C=O) groups excluding carboxylic acids is 2. The van der Waals surface area contributed by atoms with Crippen LogP contribution in [0.3, 0.4) is 0 Å². The summed E-state index contributed by atoms with van der Waals surface area (Å²) in [6.07, 6.45) is 0. The average molecular weight is 295 g/mol. The first kappa shape index (κ1) is 13.5. The van der Waals surface area contributed by atoms with Gasteiger partial charge >= 0.3 is 0 Å². The van der Waals surface area contributed by atoms with E-state index in [1.54, 1.807) is 24.3 Å². The standard InChI is InChI=1S/C17H13NO2S/c1-11(19)18-14-8-6-12(7-9-14)17(20)16-10-13-4-2-3-5-15(13)21-16/h2-10H,1H3,(H,18,19). The molecule has 0 saturated heterocycles. The van der Waals surface area contributed by atoms with E-state index in [0.717, 1.165) is 15.0 Å². The summed E-state index contributed by atoms with van der Waals surface area (Å²) in [5.74, 6) is -0.121. The minimum Gasteiger partial charge on any atom is -0.326 e. The molecule has 0 aliphatic carbocycles. The van der Waals surface area contributed by atoms with Crippen molar-refractivity contribution < 1.29 is 9.59 Å². The van der Waals surface area contributed by atoms with Gasteiger partial charge in [-0.05, 0) is 41.8 Å². The highest BCUT2D eigenvalue weighted by molar-refractivity contribution is 7.21. The van der Waals surface area contributed by atoms with Gasteiger partial charge < -0.3 is 5.32 Å². The Bertz CT molecular complexity index is 785. The molecule has 0 unspecified atom stereocenters. The fourth-order valence-corrected chi connectivity index (χ4v) is 3.17. The lowest BCUT2D eigenvalue weighted by Crippen LogP contribution is -2.06. The van der Waals surface area contributed by atoms with Crippen molar-refractivity contribution >= 4 is 38.8 Å². The fourth-order valence-electron chi connectivity index (χ4n) is 2.14. The van der Waals surface area contributed by atoms with Gasteiger partial charge in [-0.3, -0.25) is 9.59 Å². The highest BCUT2D eigenvalue weighted by atomic mass is 32.1. The van der Waals surface area contributed by atoms with E-state index in [4.69, 9.17) is 0 Å². The van der Waals surface area contributed by atoms with Crippen LogP contribution in [0.5, 0.6) is 0 Å². The lowest BCUT2D eigenvalue weighted by molar-refractivity contribution is -0.114. The Hall–Kier alpha value is -2.46. The topological polar surface area (TPSA) is 46.2 Å². The van der Waals surface area contributed by atoms with Crippen LogP contribution >= 0.6 is 11.3 Å². The summed E-state index contributed by atoms with van der Waals surface area (Å²) in [6, 6.07) is 16.8. The number of ketones is 1. The lowest BCUT2D eigenvalue weighted by Gasteiger charge is -2.03. The molecule has 0 aliphatic heterocycles. The van der Waals surface area contributed by atoms with E-state index in [0.29, 0.717) is 11.3 Å². The summed E-state index contributed by atoms with van der Waals surface area (Å²) < 4.78 is 1.11. The second-order valence-electron chi connectivity index (χ2n) is 4.74. The number of rotatable bonds is 3. The summed E-state index contributed by atoms with van der Waals surface area (Å²) in [4.78, 5) is 24.2. The van der Waals surface area contributed by atoms with Crippen LogP contribution in [0.1, 0.15) is 22.2 Å². The molecule has 0 atom stereocenters. The van der Waals surface area contributed by atoms with Gasteiger partial charge in [0.1, 0.15) is 0 Å². The van der Waals surface area contributed by atoms with E-state index >= 15 is 0 Å². The number of hydrogen-bond donors (Lipinski definition) is 1. The van der Waals surface area contributed by atoms with E-state index in [1.807, 2.05) is 30.3 Å². The molecule has 1 N–H and O–H groups in total. The molecule has 2 aromatic carbocycles. The fraction of sp³-hybridized carbons (Fsp3) is 0.0588. The minimum absolute atomic E-state index is 0.00516. The molecule has 3 nitrogen and oxygen atoms in total. The highest BCUT2D eigenvalue weighted by Crippen LogP contribution is 2.27. The third-order valence-electron chi connectivity index (χ3n) is 3.12. The molecule has 0 fully saturated rings. The van der Waals surface area contributed by atoms with Crippen molar-refractivity contribution in [2.24, 2.45) is 0 Å². The molecule has 0 aliphatic rings. The quantitative estimate of drug-likeness (QED) is 0.740. The van der Waals surface area contributed by atoms with Gasteiger partial charge in [0.25, 0.3) is 0 Å². The Kier molecular flexibility index (Phi) is 3.54. The number of amides is 1. The molecule has 21 heavy (non-hydrogen) atoms. The maximum absolute atomic E-state index is 12.5. The third-order valence-corrected chi connectivity index (χ3v) is 4.23. The van der Waals surface area contributed by atoms with Crippen molar-refractivity contribution in [3.63, 3.8) is 0 Å². The van der Waals surface area contributed by atoms with Gasteiger partial charge in [0.2, 0.25) is 11.7 Å². The maximum Gasteiger partial charge on any atom is 0.221 e. The van der Waals surface area contributed by atoms with Gasteiger partial charge in [0.05, 0.1) is 4.88 Å². The number of fused-ring (bicyclic) bond motifs is 1. The van der Waals surface area contributed by atoms with E-state index in [2.05, 4.69) is 5.32 Å². The van der Waals surface area contributed by atoms with Crippen LogP contribution in [-0.4, -0.2) is 11.7 Å². The predicted molar refractivity (Wildman–Crippen MR) is 86.0 cm³/mol. The van der Waals surface area contributed by atoms with E-state index < -0.39 is 0 Å². The number of benzene rings is 2. The van der Waals surface area contributed by atoms with Crippen LogP contribution in [0.15, 0.2) is 54.6 Å². The van der Waals surface area contributed by atoms with E-state index in [-0.39, 0.29) is 11.7 Å². The molecule has 1 amide bonds. The summed E-state index contributed by atoms with van der Waals surface area (Å²) in [5, 5.41) is 3.77. The van der Waals surface area contributed by atoms with Crippen LogP contribution in [0, 0.1) is 0 Å². The number of carbonyl (C=O) groups is 2. The summed E-state index contributed by atoms with van der Waals surface area (Å²) in [5.41, 5.74) is 1.31. The van der Waals surface area contributed by atoms with Gasteiger partial charge in [-0.2, -0.15) is 0 Å². The Balaban J connectivity index is 1.89. The van der Waals surface area contributed by atoms with Crippen molar-refractivity contribution in [1.82, 2.24) is 0 Å². The van der Waals surface area contributed by atoms with E-state index in [9.17, 15) is 9.59 Å². The second-order valence-corrected chi connectivity index (χ2v) is 5.82. The third kappa shape index (κ3) is 2.85. The van der Waals surface area contributed by atoms with Crippen molar-refractivity contribution in [2.75, 3.05) is 5.32 Å². The van der Waals surface area contributed by atoms with Gasteiger partial charge in [-0.15, -0.1) is 11.3 Å². The Morgan fingerprint density at radius 3 is 2.38 bits per heavy atom. The van der Waals surface area contributed by atoms with Crippen LogP contribution in [-0.2, 0) is 4.79 Å². The average Bonchev–Trinajstić information content (AvgIpc) is 2.90. The zero-order chi connectivity index (χ0) is 14.8. The first-order chi connectivity index (χ1) is 10.1. The summed E-state index contributed by atoms with van der Waals surface area (Å²) >= 11 is 1.50. The zero-order valence-electron chi connectivity index (χ0n) is 11.4. The van der Waals surface area contributed by atoms with Crippen LogP contribution in [0.4, 0.5) is 5.69 Å². The first-order valence-corrected chi connectivity index (χ1v) is 7.36. The molecule has 3 aromatic rings. The van der Waals surface area contributed by atoms with E-state index in [1.165, 1.54) is 18.3 Å². The summed E-state index contributed by atoms with van der Waals surface area (Å²) in [7, 11) is 0. The number of nitrogens with one attached hydrogen (secondary N) is 1. The second kappa shape index (κ2) is 5.50. The minimum atomic E-state index is -0.126. The smallest absolute Gasteiger partial charge is 0.221 e. The number of anilines is 1. The molecule has 4 heteroatoms. The molecule has 104 valence electrons. The summed E-state index contributed by atoms with van der Waals surface area (Å²) in [6.45, 7) is 1.45. The first-order valence-electron chi connectivity index (χ1n) is 6.54. The molecule has 3 rings (SSSR count). The molecule has 1 aromatic heterocycles. The van der Waals surface area contributed by atoms with Gasteiger partial charge in [0, 0.05) is 22.9 Å². The van der Waals surface area contributed by atoms with Crippen LogP contribution < -0.4 is 5.32 Å². The van der Waals surface area contributed by atoms with Crippen LogP contribution in [0.2, 0.25) is 0 Å². The Morgan fingerprint density at radius 1 is 1.00 bits per heavy atom. The van der Waals surface area contributed by atoms with Crippen molar-refractivity contribution in [3.05, 3.63) is 65.0 Å². The Morgan fingerprint density at radius 2 is 1.71 bits per heavy atom. The predicted octanol–water partition coefficient (Wildman–Crippen LogP) is 4.09. The molecule has 0 radical (unpaired) electrons. The van der Waals surface area contributed by atoms with Gasteiger partial charge in [0.15, 0.2) is 0 Å². The molecular weight excluding hydrogens is 282 g/mol. The maximum atomic E-state index is 12.5. The van der Waals surface area contributed by atoms with Crippen molar-refractivity contribution in [1.29, 1.82) is 0 Å². The normalized spacial score (nSPS) is 10.5. The van der Waals surface area contributed by atoms with Crippen molar-refractivity contribution in [3.8, 4) is 0 Å².